The van der Waals surface area contributed by atoms with Crippen molar-refractivity contribution in [2.24, 2.45) is 0 Å². The van der Waals surface area contributed by atoms with Crippen molar-refractivity contribution in [3.05, 3.63) is 29.6 Å². The Morgan fingerprint density at radius 3 is 2.82 bits per heavy atom. The number of hydrogen-bond acceptors (Lipinski definition) is 2. The first-order valence-corrected chi connectivity index (χ1v) is 3.46. The average Bonchev–Trinajstić information content (AvgIpc) is 2.04. The summed E-state index contributed by atoms with van der Waals surface area (Å²) in [5.74, 6) is -0.259. The lowest BCUT2D eigenvalue weighted by atomic mass is 10.2. The summed E-state index contributed by atoms with van der Waals surface area (Å²) in [5.41, 5.74) is 0.309. The maximum Gasteiger partial charge on any atom is 0.179 e. The average molecular weight is 219 g/mol. The van der Waals surface area contributed by atoms with Gasteiger partial charge in [0.1, 0.15) is 11.6 Å². The Bertz CT molecular complexity index is 275. The third-order valence-electron chi connectivity index (χ3n) is 1.19. The van der Waals surface area contributed by atoms with Crippen LogP contribution in [0.1, 0.15) is 10.4 Å². The first kappa shape index (κ1) is 8.20. The number of aldehydes is 1. The van der Waals surface area contributed by atoms with Crippen molar-refractivity contribution in [3.63, 3.8) is 0 Å². The minimum Gasteiger partial charge on any atom is -0.417 e. The van der Waals surface area contributed by atoms with Gasteiger partial charge >= 0.3 is 0 Å². The molecule has 58 valence electrons. The predicted octanol–water partition coefficient (Wildman–Crippen LogP) is 2.33. The topological polar surface area (TPSA) is 26.3 Å². The highest BCUT2D eigenvalue weighted by molar-refractivity contribution is 9.06. The van der Waals surface area contributed by atoms with Crippen LogP contribution < -0.4 is 3.83 Å². The van der Waals surface area contributed by atoms with Gasteiger partial charge in [-0.2, -0.15) is 0 Å². The summed E-state index contributed by atoms with van der Waals surface area (Å²) >= 11 is 2.66. The molecular weight excluding hydrogens is 215 g/mol. The SMILES string of the molecule is O=Cc1ccc(F)cc1OBr. The van der Waals surface area contributed by atoms with Crippen LogP contribution in [0.4, 0.5) is 4.39 Å². The highest BCUT2D eigenvalue weighted by Gasteiger charge is 2.02. The van der Waals surface area contributed by atoms with Crippen molar-refractivity contribution in [3.8, 4) is 5.75 Å². The van der Waals surface area contributed by atoms with Crippen LogP contribution in [-0.2, 0) is 0 Å². The fraction of sp³-hybridized carbons (Fsp3) is 0. The van der Waals surface area contributed by atoms with Crippen LogP contribution in [0.3, 0.4) is 0 Å². The molecule has 0 bridgehead atoms. The maximum atomic E-state index is 12.5. The number of benzene rings is 1. The van der Waals surface area contributed by atoms with Crippen molar-refractivity contribution < 1.29 is 13.0 Å². The highest BCUT2D eigenvalue weighted by Crippen LogP contribution is 2.19. The molecule has 0 unspecified atom stereocenters. The molecule has 0 heterocycles. The van der Waals surface area contributed by atoms with Gasteiger partial charge in [0, 0.05) is 6.07 Å². The van der Waals surface area contributed by atoms with Gasteiger partial charge in [-0.25, -0.2) is 4.39 Å². The third-order valence-corrected chi connectivity index (χ3v) is 1.53. The second-order valence-corrected chi connectivity index (χ2v) is 2.20. The number of carbonyl (C=O) groups is 1. The van der Waals surface area contributed by atoms with Crippen molar-refractivity contribution in [2.75, 3.05) is 0 Å². The van der Waals surface area contributed by atoms with Gasteiger partial charge < -0.3 is 3.83 Å². The van der Waals surface area contributed by atoms with E-state index in [1.807, 2.05) is 0 Å². The van der Waals surface area contributed by atoms with E-state index in [2.05, 4.69) is 20.1 Å². The number of carbonyl (C=O) groups excluding carboxylic acids is 1. The van der Waals surface area contributed by atoms with E-state index < -0.39 is 5.82 Å². The number of rotatable bonds is 2. The second-order valence-electron chi connectivity index (χ2n) is 1.88. The van der Waals surface area contributed by atoms with Gasteiger partial charge in [-0.3, -0.25) is 4.79 Å². The molecule has 1 rings (SSSR count). The van der Waals surface area contributed by atoms with E-state index in [9.17, 15) is 9.18 Å². The fourth-order valence-electron chi connectivity index (χ4n) is 0.672. The van der Waals surface area contributed by atoms with Crippen LogP contribution in [0.5, 0.6) is 5.75 Å². The Kier molecular flexibility index (Phi) is 2.59. The van der Waals surface area contributed by atoms with Crippen LogP contribution in [0.2, 0.25) is 0 Å². The zero-order chi connectivity index (χ0) is 8.27. The molecule has 1 aromatic rings. The van der Waals surface area contributed by atoms with Crippen LogP contribution >= 0.6 is 16.3 Å². The summed E-state index contributed by atoms with van der Waals surface area (Å²) in [6, 6.07) is 3.66. The van der Waals surface area contributed by atoms with E-state index in [1.54, 1.807) is 0 Å². The van der Waals surface area contributed by atoms with E-state index in [4.69, 9.17) is 0 Å². The molecule has 0 saturated carbocycles. The largest absolute Gasteiger partial charge is 0.417 e. The molecule has 0 radical (unpaired) electrons. The van der Waals surface area contributed by atoms with Crippen LogP contribution in [0.25, 0.3) is 0 Å². The van der Waals surface area contributed by atoms with E-state index in [0.29, 0.717) is 11.8 Å². The van der Waals surface area contributed by atoms with Gasteiger partial charge in [0.15, 0.2) is 22.5 Å². The molecule has 0 N–H and O–H groups in total. The van der Waals surface area contributed by atoms with E-state index in [1.165, 1.54) is 12.1 Å². The summed E-state index contributed by atoms with van der Waals surface area (Å²) in [6.45, 7) is 0. The number of hydrogen-bond donors (Lipinski definition) is 0. The Morgan fingerprint density at radius 1 is 1.55 bits per heavy atom. The molecule has 0 fully saturated rings. The van der Waals surface area contributed by atoms with E-state index in [0.717, 1.165) is 6.07 Å². The van der Waals surface area contributed by atoms with Crippen molar-refractivity contribution in [2.45, 2.75) is 0 Å². The lowest BCUT2D eigenvalue weighted by molar-refractivity contribution is 0.112. The lowest BCUT2D eigenvalue weighted by Crippen LogP contribution is -1.86. The van der Waals surface area contributed by atoms with Crippen LogP contribution in [0.15, 0.2) is 18.2 Å². The van der Waals surface area contributed by atoms with Gasteiger partial charge in [0.25, 0.3) is 0 Å². The highest BCUT2D eigenvalue weighted by atomic mass is 79.9. The maximum absolute atomic E-state index is 12.5. The minimum absolute atomic E-state index is 0.181. The molecule has 0 aromatic heterocycles. The zero-order valence-corrected chi connectivity index (χ0v) is 6.97. The normalized spacial score (nSPS) is 9.27. The van der Waals surface area contributed by atoms with Gasteiger partial charge in [0.2, 0.25) is 0 Å². The first-order chi connectivity index (χ1) is 5.27. The molecule has 0 aliphatic rings. The molecule has 1 aromatic carbocycles. The predicted molar refractivity (Wildman–Crippen MR) is 41.3 cm³/mol. The molecule has 0 saturated heterocycles. The third kappa shape index (κ3) is 1.77. The summed E-state index contributed by atoms with van der Waals surface area (Å²) in [7, 11) is 0. The smallest absolute Gasteiger partial charge is 0.179 e. The van der Waals surface area contributed by atoms with Crippen molar-refractivity contribution >= 4 is 22.5 Å². The molecule has 0 aliphatic heterocycles. The van der Waals surface area contributed by atoms with Crippen molar-refractivity contribution in [1.82, 2.24) is 0 Å². The van der Waals surface area contributed by atoms with Gasteiger partial charge in [-0.1, -0.05) is 0 Å². The van der Waals surface area contributed by atoms with Crippen LogP contribution in [0, 0.1) is 5.82 Å². The number of halogens is 2. The van der Waals surface area contributed by atoms with Gasteiger partial charge in [-0.15, -0.1) is 0 Å². The molecule has 4 heteroatoms. The zero-order valence-electron chi connectivity index (χ0n) is 5.38. The second kappa shape index (κ2) is 3.48. The summed E-state index contributed by atoms with van der Waals surface area (Å²) in [6.07, 6.45) is 0.593. The lowest BCUT2D eigenvalue weighted by Gasteiger charge is -1.98. The minimum atomic E-state index is -0.440. The quantitative estimate of drug-likeness (QED) is 0.713. The molecule has 2 nitrogen and oxygen atoms in total. The standard InChI is InChI=1S/C7H4BrFO2/c8-11-7-3-6(9)2-1-5(7)4-10/h1-4H. The monoisotopic (exact) mass is 218 g/mol. The summed E-state index contributed by atoms with van der Waals surface area (Å²) in [5, 5.41) is 0. The Labute approximate surface area is 71.4 Å². The molecular formula is C7H4BrFO2. The Balaban J connectivity index is 3.16. The Morgan fingerprint density at radius 2 is 2.27 bits per heavy atom. The summed E-state index contributed by atoms with van der Waals surface area (Å²) in [4.78, 5) is 10.3. The molecule has 0 amide bonds. The fourth-order valence-corrected chi connectivity index (χ4v) is 0.953. The first-order valence-electron chi connectivity index (χ1n) is 2.81. The van der Waals surface area contributed by atoms with Crippen LogP contribution in [-0.4, -0.2) is 6.29 Å². The summed E-state index contributed by atoms with van der Waals surface area (Å²) < 4.78 is 17.0. The Hall–Kier alpha value is -0.900. The van der Waals surface area contributed by atoms with E-state index >= 15 is 0 Å². The molecule has 0 spiro atoms. The van der Waals surface area contributed by atoms with Gasteiger partial charge in [-0.05, 0) is 12.1 Å². The molecule has 0 atom stereocenters. The van der Waals surface area contributed by atoms with Crippen molar-refractivity contribution in [1.29, 1.82) is 0 Å². The van der Waals surface area contributed by atoms with E-state index in [-0.39, 0.29) is 5.75 Å². The van der Waals surface area contributed by atoms with Gasteiger partial charge in [0.05, 0.1) is 5.56 Å². The molecule has 0 aliphatic carbocycles. The molecule has 11 heavy (non-hydrogen) atoms.